The Kier molecular flexibility index (Phi) is 4.19. The highest BCUT2D eigenvalue weighted by Crippen LogP contribution is 2.31. The maximum absolute atomic E-state index is 12.0. The van der Waals surface area contributed by atoms with Gasteiger partial charge >= 0.3 is 6.36 Å². The van der Waals surface area contributed by atoms with Crippen molar-refractivity contribution in [2.75, 3.05) is 13.7 Å². The number of halogens is 3. The number of ether oxygens (including phenoxy) is 2. The van der Waals surface area contributed by atoms with Gasteiger partial charge in [-0.05, 0) is 18.2 Å². The lowest BCUT2D eigenvalue weighted by Crippen LogP contribution is -2.19. The van der Waals surface area contributed by atoms with Crippen LogP contribution in [0, 0.1) is 0 Å². The van der Waals surface area contributed by atoms with Crippen molar-refractivity contribution in [2.45, 2.75) is 12.4 Å². The van der Waals surface area contributed by atoms with Crippen LogP contribution in [0.4, 0.5) is 13.2 Å². The van der Waals surface area contributed by atoms with Crippen molar-refractivity contribution in [3.8, 4) is 11.5 Å². The summed E-state index contributed by atoms with van der Waals surface area (Å²) in [6, 6.07) is 2.67. The number of aliphatic hydroxyl groups is 1. The summed E-state index contributed by atoms with van der Waals surface area (Å²) < 4.78 is 44.7. The largest absolute Gasteiger partial charge is 0.573 e. The fourth-order valence-corrected chi connectivity index (χ4v) is 1.30. The summed E-state index contributed by atoms with van der Waals surface area (Å²) in [6.07, 6.45) is -4.77. The van der Waals surface area contributed by atoms with Crippen LogP contribution in [0.1, 0.15) is 11.6 Å². The number of hydrogen-bond acceptors (Lipinski definition) is 4. The van der Waals surface area contributed by atoms with Crippen LogP contribution < -0.4 is 15.2 Å². The van der Waals surface area contributed by atoms with Crippen molar-refractivity contribution in [1.82, 2.24) is 0 Å². The number of alkyl halides is 3. The third-order valence-corrected chi connectivity index (χ3v) is 2.03. The summed E-state index contributed by atoms with van der Waals surface area (Å²) in [4.78, 5) is 0. The highest BCUT2D eigenvalue weighted by Gasteiger charge is 2.31. The summed E-state index contributed by atoms with van der Waals surface area (Å²) >= 11 is 0. The van der Waals surface area contributed by atoms with Gasteiger partial charge in [0.1, 0.15) is 11.5 Å². The molecule has 0 heterocycles. The van der Waals surface area contributed by atoms with Gasteiger partial charge in [0, 0.05) is 5.56 Å². The molecule has 1 atom stereocenters. The number of nitrogens with two attached hydrogens (primary N) is 1. The summed E-state index contributed by atoms with van der Waals surface area (Å²) in [6.45, 7) is -0.411. The van der Waals surface area contributed by atoms with E-state index in [1.165, 1.54) is 13.2 Å². The number of rotatable bonds is 4. The molecule has 0 spiro atoms. The van der Waals surface area contributed by atoms with Crippen molar-refractivity contribution < 1.29 is 27.8 Å². The van der Waals surface area contributed by atoms with Gasteiger partial charge < -0.3 is 20.3 Å². The Hall–Kier alpha value is -1.47. The molecule has 0 amide bonds. The Labute approximate surface area is 95.7 Å². The molecule has 96 valence electrons. The molecular formula is C10H12F3NO3. The lowest BCUT2D eigenvalue weighted by atomic mass is 10.1. The Morgan fingerprint density at radius 2 is 2.06 bits per heavy atom. The SMILES string of the molecule is COc1ccc(OC(F)(F)F)cc1[C@H](N)CO. The van der Waals surface area contributed by atoms with E-state index < -0.39 is 24.8 Å². The normalized spacial score (nSPS) is 13.3. The maximum Gasteiger partial charge on any atom is 0.573 e. The monoisotopic (exact) mass is 251 g/mol. The van der Waals surface area contributed by atoms with E-state index in [9.17, 15) is 13.2 Å². The third-order valence-electron chi connectivity index (χ3n) is 2.03. The molecule has 0 bridgehead atoms. The minimum atomic E-state index is -4.77. The zero-order valence-corrected chi connectivity index (χ0v) is 8.99. The summed E-state index contributed by atoms with van der Waals surface area (Å²) in [5.41, 5.74) is 5.78. The molecule has 1 aromatic rings. The molecule has 0 fully saturated rings. The predicted octanol–water partition coefficient (Wildman–Crippen LogP) is 1.59. The van der Waals surface area contributed by atoms with E-state index in [0.29, 0.717) is 5.75 Å². The standard InChI is InChI=1S/C10H12F3NO3/c1-16-9-3-2-6(17-10(11,12)13)4-7(9)8(14)5-15/h2-4,8,15H,5,14H2,1H3/t8-/m1/s1. The van der Waals surface area contributed by atoms with Gasteiger partial charge in [0.25, 0.3) is 0 Å². The van der Waals surface area contributed by atoms with Gasteiger partial charge in [-0.2, -0.15) is 0 Å². The lowest BCUT2D eigenvalue weighted by molar-refractivity contribution is -0.274. The minimum Gasteiger partial charge on any atom is -0.496 e. The molecule has 4 nitrogen and oxygen atoms in total. The van der Waals surface area contributed by atoms with Crippen molar-refractivity contribution >= 4 is 0 Å². The molecule has 0 aliphatic rings. The first-order valence-electron chi connectivity index (χ1n) is 4.67. The van der Waals surface area contributed by atoms with Crippen molar-refractivity contribution in [3.05, 3.63) is 23.8 Å². The maximum atomic E-state index is 12.0. The van der Waals surface area contributed by atoms with Gasteiger partial charge in [0.05, 0.1) is 19.8 Å². The number of benzene rings is 1. The number of methoxy groups -OCH3 is 1. The average molecular weight is 251 g/mol. The highest BCUT2D eigenvalue weighted by atomic mass is 19.4. The Morgan fingerprint density at radius 3 is 2.53 bits per heavy atom. The Balaban J connectivity index is 3.04. The molecule has 3 N–H and O–H groups in total. The zero-order chi connectivity index (χ0) is 13.1. The summed E-state index contributed by atoms with van der Waals surface area (Å²) in [5.74, 6) is -0.113. The van der Waals surface area contributed by atoms with E-state index in [-0.39, 0.29) is 5.56 Å². The van der Waals surface area contributed by atoms with Crippen LogP contribution in [0.25, 0.3) is 0 Å². The van der Waals surface area contributed by atoms with E-state index >= 15 is 0 Å². The molecule has 0 radical (unpaired) electrons. The number of hydrogen-bond donors (Lipinski definition) is 2. The van der Waals surface area contributed by atoms with Gasteiger partial charge in [0.15, 0.2) is 0 Å². The molecule has 17 heavy (non-hydrogen) atoms. The molecule has 0 aromatic heterocycles. The van der Waals surface area contributed by atoms with Gasteiger partial charge in [-0.3, -0.25) is 0 Å². The van der Waals surface area contributed by atoms with Crippen LogP contribution in [0.3, 0.4) is 0 Å². The second kappa shape index (κ2) is 5.24. The van der Waals surface area contributed by atoms with E-state index in [2.05, 4.69) is 4.74 Å². The second-order valence-corrected chi connectivity index (χ2v) is 3.24. The summed E-state index contributed by atoms with van der Waals surface area (Å²) in [7, 11) is 1.35. The molecule has 0 saturated heterocycles. The molecule has 1 aromatic carbocycles. The van der Waals surface area contributed by atoms with Gasteiger partial charge in [-0.1, -0.05) is 0 Å². The summed E-state index contributed by atoms with van der Waals surface area (Å²) in [5, 5.41) is 8.89. The van der Waals surface area contributed by atoms with E-state index in [0.717, 1.165) is 12.1 Å². The molecule has 7 heteroatoms. The first-order valence-corrected chi connectivity index (χ1v) is 4.67. The van der Waals surface area contributed by atoms with Crippen LogP contribution in [0.2, 0.25) is 0 Å². The zero-order valence-electron chi connectivity index (χ0n) is 8.99. The lowest BCUT2D eigenvalue weighted by Gasteiger charge is -2.16. The quantitative estimate of drug-likeness (QED) is 0.852. The topological polar surface area (TPSA) is 64.7 Å². The van der Waals surface area contributed by atoms with Crippen LogP contribution in [0.15, 0.2) is 18.2 Å². The molecule has 1 rings (SSSR count). The van der Waals surface area contributed by atoms with Crippen LogP contribution in [0.5, 0.6) is 11.5 Å². The molecule has 0 aliphatic carbocycles. The molecule has 0 aliphatic heterocycles. The van der Waals surface area contributed by atoms with Crippen molar-refractivity contribution in [1.29, 1.82) is 0 Å². The molecule has 0 unspecified atom stereocenters. The predicted molar refractivity (Wildman–Crippen MR) is 53.7 cm³/mol. The fourth-order valence-electron chi connectivity index (χ4n) is 1.30. The van der Waals surface area contributed by atoms with Crippen LogP contribution in [-0.2, 0) is 0 Å². The van der Waals surface area contributed by atoms with Gasteiger partial charge in [-0.25, -0.2) is 0 Å². The van der Waals surface area contributed by atoms with Crippen LogP contribution >= 0.6 is 0 Å². The second-order valence-electron chi connectivity index (χ2n) is 3.24. The van der Waals surface area contributed by atoms with Crippen molar-refractivity contribution in [3.63, 3.8) is 0 Å². The Bertz CT molecular complexity index is 382. The smallest absolute Gasteiger partial charge is 0.496 e. The first kappa shape index (κ1) is 13.6. The van der Waals surface area contributed by atoms with Gasteiger partial charge in [-0.15, -0.1) is 13.2 Å². The van der Waals surface area contributed by atoms with E-state index in [4.69, 9.17) is 15.6 Å². The minimum absolute atomic E-state index is 0.247. The highest BCUT2D eigenvalue weighted by molar-refractivity contribution is 5.42. The molecule has 0 saturated carbocycles. The van der Waals surface area contributed by atoms with E-state index in [1.807, 2.05) is 0 Å². The first-order chi connectivity index (χ1) is 7.87. The van der Waals surface area contributed by atoms with E-state index in [1.54, 1.807) is 0 Å². The van der Waals surface area contributed by atoms with Crippen LogP contribution in [-0.4, -0.2) is 25.2 Å². The van der Waals surface area contributed by atoms with Crippen molar-refractivity contribution in [2.24, 2.45) is 5.73 Å². The van der Waals surface area contributed by atoms with Gasteiger partial charge in [0.2, 0.25) is 0 Å². The molecular weight excluding hydrogens is 239 g/mol. The fraction of sp³-hybridized carbons (Fsp3) is 0.400. The number of aliphatic hydroxyl groups excluding tert-OH is 1. The Morgan fingerprint density at radius 1 is 1.41 bits per heavy atom. The average Bonchev–Trinajstić information content (AvgIpc) is 2.25. The third kappa shape index (κ3) is 3.79.